The molecule has 20 heavy (non-hydrogen) atoms. The smallest absolute Gasteiger partial charge is 0.123 e. The zero-order chi connectivity index (χ0) is 13.9. The highest BCUT2D eigenvalue weighted by atomic mass is 19.1. The normalized spacial score (nSPS) is 11.1. The summed E-state index contributed by atoms with van der Waals surface area (Å²) in [7, 11) is 1.70. The Morgan fingerprint density at radius 2 is 1.85 bits per heavy atom. The van der Waals surface area contributed by atoms with E-state index in [4.69, 9.17) is 4.74 Å². The zero-order valence-corrected chi connectivity index (χ0v) is 11.3. The molecule has 0 radical (unpaired) electrons. The quantitative estimate of drug-likeness (QED) is 0.695. The van der Waals surface area contributed by atoms with Crippen molar-refractivity contribution < 1.29 is 9.13 Å². The van der Waals surface area contributed by atoms with Gasteiger partial charge in [-0.05, 0) is 35.4 Å². The van der Waals surface area contributed by atoms with Crippen molar-refractivity contribution in [2.75, 3.05) is 13.7 Å². The number of hydrogen-bond acceptors (Lipinski definition) is 1. The number of methoxy groups -OCH3 is 1. The molecule has 2 nitrogen and oxygen atoms in total. The molecule has 3 aromatic rings. The van der Waals surface area contributed by atoms with Gasteiger partial charge in [0.2, 0.25) is 0 Å². The van der Waals surface area contributed by atoms with Gasteiger partial charge in [0.25, 0.3) is 0 Å². The van der Waals surface area contributed by atoms with Crippen molar-refractivity contribution in [3.8, 4) is 11.1 Å². The van der Waals surface area contributed by atoms with Crippen LogP contribution in [0.2, 0.25) is 0 Å². The molecular weight excluding hydrogens is 253 g/mol. The van der Waals surface area contributed by atoms with Crippen LogP contribution >= 0.6 is 0 Å². The van der Waals surface area contributed by atoms with Gasteiger partial charge < -0.3 is 9.30 Å². The average Bonchev–Trinajstić information content (AvgIpc) is 2.89. The molecular formula is C17H16FNO. The van der Waals surface area contributed by atoms with Crippen molar-refractivity contribution in [2.45, 2.75) is 6.54 Å². The Labute approximate surface area is 117 Å². The average molecular weight is 269 g/mol. The molecule has 0 amide bonds. The van der Waals surface area contributed by atoms with E-state index in [2.05, 4.69) is 29.0 Å². The fourth-order valence-electron chi connectivity index (χ4n) is 2.49. The van der Waals surface area contributed by atoms with Crippen LogP contribution in [0.15, 0.2) is 54.7 Å². The first kappa shape index (κ1) is 12.9. The number of fused-ring (bicyclic) bond motifs is 1. The lowest BCUT2D eigenvalue weighted by Gasteiger charge is -2.07. The first-order valence-corrected chi connectivity index (χ1v) is 6.62. The zero-order valence-electron chi connectivity index (χ0n) is 11.3. The molecule has 0 saturated carbocycles. The van der Waals surface area contributed by atoms with Crippen molar-refractivity contribution >= 4 is 10.9 Å². The molecule has 0 saturated heterocycles. The number of aromatic nitrogens is 1. The third kappa shape index (κ3) is 2.32. The van der Waals surface area contributed by atoms with E-state index in [1.165, 1.54) is 23.0 Å². The van der Waals surface area contributed by atoms with Crippen LogP contribution in [0, 0.1) is 5.82 Å². The highest BCUT2D eigenvalue weighted by Gasteiger charge is 2.07. The minimum Gasteiger partial charge on any atom is -0.383 e. The van der Waals surface area contributed by atoms with Crippen LogP contribution < -0.4 is 0 Å². The molecule has 0 aliphatic carbocycles. The standard InChI is InChI=1S/C17H16FNO/c1-20-12-11-19-10-9-16-15(3-2-4-17(16)19)13-5-7-14(18)8-6-13/h2-10H,11-12H2,1H3. The van der Waals surface area contributed by atoms with Gasteiger partial charge in [0.1, 0.15) is 5.82 Å². The van der Waals surface area contributed by atoms with E-state index < -0.39 is 0 Å². The number of rotatable bonds is 4. The number of hydrogen-bond donors (Lipinski definition) is 0. The van der Waals surface area contributed by atoms with Crippen molar-refractivity contribution in [1.29, 1.82) is 0 Å². The van der Waals surface area contributed by atoms with Gasteiger partial charge in [-0.3, -0.25) is 0 Å². The molecule has 0 spiro atoms. The summed E-state index contributed by atoms with van der Waals surface area (Å²) in [5, 5.41) is 1.18. The molecule has 102 valence electrons. The fraction of sp³-hybridized carbons (Fsp3) is 0.176. The van der Waals surface area contributed by atoms with Crippen LogP contribution in [-0.2, 0) is 11.3 Å². The summed E-state index contributed by atoms with van der Waals surface area (Å²) in [6.07, 6.45) is 2.07. The van der Waals surface area contributed by atoms with Gasteiger partial charge in [0, 0.05) is 30.8 Å². The van der Waals surface area contributed by atoms with Gasteiger partial charge in [-0.1, -0.05) is 24.3 Å². The molecule has 3 heteroatoms. The maximum atomic E-state index is 13.0. The van der Waals surface area contributed by atoms with Crippen molar-refractivity contribution in [2.24, 2.45) is 0 Å². The van der Waals surface area contributed by atoms with Crippen molar-refractivity contribution in [3.05, 3.63) is 60.5 Å². The summed E-state index contributed by atoms with van der Waals surface area (Å²) in [6, 6.07) is 14.9. The topological polar surface area (TPSA) is 14.2 Å². The number of ether oxygens (including phenoxy) is 1. The highest BCUT2D eigenvalue weighted by Crippen LogP contribution is 2.29. The van der Waals surface area contributed by atoms with Crippen LogP contribution in [0.4, 0.5) is 4.39 Å². The van der Waals surface area contributed by atoms with E-state index in [0.717, 1.165) is 17.7 Å². The molecule has 0 bridgehead atoms. The van der Waals surface area contributed by atoms with E-state index in [0.29, 0.717) is 6.61 Å². The fourth-order valence-corrected chi connectivity index (χ4v) is 2.49. The maximum Gasteiger partial charge on any atom is 0.123 e. The van der Waals surface area contributed by atoms with Crippen LogP contribution in [0.1, 0.15) is 0 Å². The molecule has 1 aromatic heterocycles. The van der Waals surface area contributed by atoms with Gasteiger partial charge in [-0.2, -0.15) is 0 Å². The predicted molar refractivity (Wildman–Crippen MR) is 79.2 cm³/mol. The summed E-state index contributed by atoms with van der Waals surface area (Å²) < 4.78 is 20.3. The lowest BCUT2D eigenvalue weighted by atomic mass is 10.0. The lowest BCUT2D eigenvalue weighted by Crippen LogP contribution is -2.02. The molecule has 0 atom stereocenters. The van der Waals surface area contributed by atoms with Crippen molar-refractivity contribution in [1.82, 2.24) is 4.57 Å². The Morgan fingerprint density at radius 1 is 1.05 bits per heavy atom. The third-order valence-corrected chi connectivity index (χ3v) is 3.51. The molecule has 0 N–H and O–H groups in total. The molecule has 0 aliphatic rings. The summed E-state index contributed by atoms with van der Waals surface area (Å²) in [4.78, 5) is 0. The number of benzene rings is 2. The van der Waals surface area contributed by atoms with Crippen LogP contribution in [0.5, 0.6) is 0 Å². The Morgan fingerprint density at radius 3 is 2.60 bits per heavy atom. The van der Waals surface area contributed by atoms with Crippen LogP contribution in [-0.4, -0.2) is 18.3 Å². The van der Waals surface area contributed by atoms with E-state index in [1.54, 1.807) is 7.11 Å². The Bertz CT molecular complexity index is 715. The molecule has 1 heterocycles. The number of nitrogens with zero attached hydrogens (tertiary/aromatic N) is 1. The monoisotopic (exact) mass is 269 g/mol. The van der Waals surface area contributed by atoms with E-state index >= 15 is 0 Å². The van der Waals surface area contributed by atoms with Crippen LogP contribution in [0.25, 0.3) is 22.0 Å². The predicted octanol–water partition coefficient (Wildman–Crippen LogP) is 4.09. The number of halogens is 1. The van der Waals surface area contributed by atoms with Gasteiger partial charge in [0.15, 0.2) is 0 Å². The second-order valence-corrected chi connectivity index (χ2v) is 4.75. The first-order valence-electron chi connectivity index (χ1n) is 6.62. The van der Waals surface area contributed by atoms with E-state index in [9.17, 15) is 4.39 Å². The van der Waals surface area contributed by atoms with E-state index in [1.807, 2.05) is 18.2 Å². The molecule has 2 aromatic carbocycles. The van der Waals surface area contributed by atoms with Crippen LogP contribution in [0.3, 0.4) is 0 Å². The Hall–Kier alpha value is -2.13. The highest BCUT2D eigenvalue weighted by molar-refractivity contribution is 5.95. The second-order valence-electron chi connectivity index (χ2n) is 4.75. The van der Waals surface area contributed by atoms with E-state index in [-0.39, 0.29) is 5.82 Å². The van der Waals surface area contributed by atoms with Gasteiger partial charge >= 0.3 is 0 Å². The summed E-state index contributed by atoms with van der Waals surface area (Å²) in [5.74, 6) is -0.210. The largest absolute Gasteiger partial charge is 0.383 e. The third-order valence-electron chi connectivity index (χ3n) is 3.51. The molecule has 3 rings (SSSR count). The minimum atomic E-state index is -0.210. The van der Waals surface area contributed by atoms with Crippen molar-refractivity contribution in [3.63, 3.8) is 0 Å². The van der Waals surface area contributed by atoms with Gasteiger partial charge in [0.05, 0.1) is 6.61 Å². The Balaban J connectivity index is 2.08. The molecule has 0 unspecified atom stereocenters. The lowest BCUT2D eigenvalue weighted by molar-refractivity contribution is 0.188. The Kier molecular flexibility index (Phi) is 3.52. The maximum absolute atomic E-state index is 13.0. The molecule has 0 fully saturated rings. The van der Waals surface area contributed by atoms with Gasteiger partial charge in [-0.25, -0.2) is 4.39 Å². The SMILES string of the molecule is COCCn1ccc2c(-c3ccc(F)cc3)cccc21. The molecule has 0 aliphatic heterocycles. The van der Waals surface area contributed by atoms with Gasteiger partial charge in [-0.15, -0.1) is 0 Å². The second kappa shape index (κ2) is 5.47. The minimum absolute atomic E-state index is 0.210. The first-order chi connectivity index (χ1) is 9.79. The summed E-state index contributed by atoms with van der Waals surface area (Å²) >= 11 is 0. The summed E-state index contributed by atoms with van der Waals surface area (Å²) in [6.45, 7) is 1.51. The summed E-state index contributed by atoms with van der Waals surface area (Å²) in [5.41, 5.74) is 3.32.